The number of hydrogen-bond donors (Lipinski definition) is 2. The molecule has 2 fully saturated rings. The minimum absolute atomic E-state index is 0.0945. The molecular weight excluding hydrogens is 360 g/mol. The maximum absolute atomic E-state index is 10.3. The third-order valence-corrected chi connectivity index (χ3v) is 7.15. The van der Waals surface area contributed by atoms with Gasteiger partial charge in [-0.25, -0.2) is 0 Å². The molecule has 4 atom stereocenters. The zero-order valence-corrected chi connectivity index (χ0v) is 15.6. The van der Waals surface area contributed by atoms with E-state index < -0.39 is 11.7 Å². The van der Waals surface area contributed by atoms with Crippen LogP contribution < -0.4 is 5.32 Å². The van der Waals surface area contributed by atoms with Crippen LogP contribution in [0, 0.1) is 5.92 Å². The Kier molecular flexibility index (Phi) is 3.73. The SMILES string of the molecule is Cn1cc([C@@H]2C[C@]3(C[C@H](C4CC4)N2)OC[C@H](O)c2cc(Cl)sc23)nn1. The van der Waals surface area contributed by atoms with Gasteiger partial charge in [0.15, 0.2) is 0 Å². The summed E-state index contributed by atoms with van der Waals surface area (Å²) in [4.78, 5) is 1.09. The van der Waals surface area contributed by atoms with Gasteiger partial charge in [-0.05, 0) is 31.2 Å². The Morgan fingerprint density at radius 3 is 3.00 bits per heavy atom. The topological polar surface area (TPSA) is 72.2 Å². The van der Waals surface area contributed by atoms with Gasteiger partial charge in [-0.1, -0.05) is 16.8 Å². The number of thiophene rings is 1. The van der Waals surface area contributed by atoms with Crippen molar-refractivity contribution >= 4 is 22.9 Å². The lowest BCUT2D eigenvalue weighted by molar-refractivity contribution is -0.132. The molecule has 8 heteroatoms. The van der Waals surface area contributed by atoms with Crippen molar-refractivity contribution < 1.29 is 9.84 Å². The van der Waals surface area contributed by atoms with Gasteiger partial charge in [0.25, 0.3) is 0 Å². The van der Waals surface area contributed by atoms with Crippen molar-refractivity contribution in [2.24, 2.45) is 13.0 Å². The number of piperidine rings is 1. The predicted molar refractivity (Wildman–Crippen MR) is 94.5 cm³/mol. The second kappa shape index (κ2) is 5.76. The Hall–Kier alpha value is -0.990. The van der Waals surface area contributed by atoms with Gasteiger partial charge in [-0.15, -0.1) is 16.4 Å². The number of halogens is 1. The summed E-state index contributed by atoms with van der Waals surface area (Å²) in [5.74, 6) is 0.700. The molecule has 5 rings (SSSR count). The molecular formula is C17H21ClN4O2S. The van der Waals surface area contributed by atoms with E-state index in [1.54, 1.807) is 16.0 Å². The first kappa shape index (κ1) is 16.2. The van der Waals surface area contributed by atoms with E-state index in [1.165, 1.54) is 12.8 Å². The summed E-state index contributed by atoms with van der Waals surface area (Å²) in [6.45, 7) is 0.324. The quantitative estimate of drug-likeness (QED) is 0.838. The van der Waals surface area contributed by atoms with Gasteiger partial charge >= 0.3 is 0 Å². The monoisotopic (exact) mass is 380 g/mol. The van der Waals surface area contributed by atoms with Crippen LogP contribution in [0.2, 0.25) is 4.34 Å². The molecule has 0 unspecified atom stereocenters. The number of hydrogen-bond acceptors (Lipinski definition) is 6. The Morgan fingerprint density at radius 2 is 2.28 bits per heavy atom. The number of aliphatic hydroxyl groups is 1. The molecule has 2 aromatic heterocycles. The van der Waals surface area contributed by atoms with Crippen molar-refractivity contribution in [3.05, 3.63) is 32.7 Å². The number of ether oxygens (including phenoxy) is 1. The van der Waals surface area contributed by atoms with Crippen molar-refractivity contribution in [1.82, 2.24) is 20.3 Å². The van der Waals surface area contributed by atoms with Gasteiger partial charge < -0.3 is 15.2 Å². The van der Waals surface area contributed by atoms with Crippen LogP contribution in [0.15, 0.2) is 12.3 Å². The van der Waals surface area contributed by atoms with E-state index in [1.807, 2.05) is 19.3 Å². The first-order chi connectivity index (χ1) is 12.0. The van der Waals surface area contributed by atoms with E-state index in [2.05, 4.69) is 15.6 Å². The number of rotatable bonds is 2. The normalized spacial score (nSPS) is 35.1. The van der Waals surface area contributed by atoms with Gasteiger partial charge in [0.2, 0.25) is 0 Å². The molecule has 2 N–H and O–H groups in total. The maximum atomic E-state index is 10.3. The zero-order chi connectivity index (χ0) is 17.2. The number of fused-ring (bicyclic) bond motifs is 2. The zero-order valence-electron chi connectivity index (χ0n) is 14.0. The lowest BCUT2D eigenvalue weighted by atomic mass is 9.77. The second-order valence-electron chi connectivity index (χ2n) is 7.54. The number of nitrogens with zero attached hydrogens (tertiary/aromatic N) is 3. The largest absolute Gasteiger partial charge is 0.386 e. The van der Waals surface area contributed by atoms with Crippen LogP contribution in [0.25, 0.3) is 0 Å². The average Bonchev–Trinajstić information content (AvgIpc) is 3.23. The maximum Gasteiger partial charge on any atom is 0.106 e. The van der Waals surface area contributed by atoms with Crippen LogP contribution in [0.5, 0.6) is 0 Å². The summed E-state index contributed by atoms with van der Waals surface area (Å²) < 4.78 is 8.79. The minimum Gasteiger partial charge on any atom is -0.386 e. The van der Waals surface area contributed by atoms with Gasteiger partial charge in [0.05, 0.1) is 22.7 Å². The number of nitrogens with one attached hydrogen (secondary N) is 1. The first-order valence-electron chi connectivity index (χ1n) is 8.78. The van der Waals surface area contributed by atoms with Crippen LogP contribution in [0.1, 0.15) is 54.0 Å². The average molecular weight is 381 g/mol. The fraction of sp³-hybridized carbons (Fsp3) is 0.647. The van der Waals surface area contributed by atoms with Crippen molar-refractivity contribution in [3.8, 4) is 0 Å². The van der Waals surface area contributed by atoms with E-state index >= 15 is 0 Å². The molecule has 0 amide bonds. The van der Waals surface area contributed by atoms with E-state index in [4.69, 9.17) is 16.3 Å². The molecule has 3 aliphatic rings. The van der Waals surface area contributed by atoms with Crippen LogP contribution >= 0.6 is 22.9 Å². The Balaban J connectivity index is 1.56. The highest BCUT2D eigenvalue weighted by atomic mass is 35.5. The fourth-order valence-electron chi connectivity index (χ4n) is 4.34. The molecule has 1 aliphatic carbocycles. The highest BCUT2D eigenvalue weighted by Crippen LogP contribution is 2.54. The number of aromatic nitrogens is 3. The van der Waals surface area contributed by atoms with E-state index in [-0.39, 0.29) is 6.04 Å². The predicted octanol–water partition coefficient (Wildman–Crippen LogP) is 2.69. The summed E-state index contributed by atoms with van der Waals surface area (Å²) in [5.41, 5.74) is 1.49. The summed E-state index contributed by atoms with van der Waals surface area (Å²) in [5, 5.41) is 22.6. The molecule has 0 aromatic carbocycles. The van der Waals surface area contributed by atoms with Crippen LogP contribution in [0.4, 0.5) is 0 Å². The Labute approximate surface area is 155 Å². The third-order valence-electron chi connectivity index (χ3n) is 5.69. The molecule has 1 saturated heterocycles. The number of aryl methyl sites for hydroxylation is 1. The Bertz CT molecular complexity index is 804. The van der Waals surface area contributed by atoms with Gasteiger partial charge in [-0.3, -0.25) is 4.68 Å². The smallest absolute Gasteiger partial charge is 0.106 e. The highest BCUT2D eigenvalue weighted by Gasteiger charge is 2.51. The second-order valence-corrected chi connectivity index (χ2v) is 9.23. The van der Waals surface area contributed by atoms with E-state index in [0.29, 0.717) is 22.9 Å². The van der Waals surface area contributed by atoms with Gasteiger partial charge in [-0.2, -0.15) is 0 Å². The molecule has 1 spiro atoms. The van der Waals surface area contributed by atoms with Crippen molar-refractivity contribution in [2.45, 2.75) is 49.5 Å². The van der Waals surface area contributed by atoms with Crippen molar-refractivity contribution in [1.29, 1.82) is 0 Å². The highest BCUT2D eigenvalue weighted by molar-refractivity contribution is 7.16. The molecule has 1 saturated carbocycles. The van der Waals surface area contributed by atoms with Crippen LogP contribution in [-0.4, -0.2) is 32.7 Å². The molecule has 2 aromatic rings. The lowest BCUT2D eigenvalue weighted by Gasteiger charge is -2.47. The number of aliphatic hydroxyl groups excluding tert-OH is 1. The van der Waals surface area contributed by atoms with Gasteiger partial charge in [0.1, 0.15) is 11.7 Å². The van der Waals surface area contributed by atoms with Crippen LogP contribution in [-0.2, 0) is 17.4 Å². The molecule has 4 heterocycles. The third kappa shape index (κ3) is 2.73. The standard InChI is InChI=1S/C17H21ClN4O2S/c1-22-7-13(20-21-22)12-6-17(5-11(19-12)9-2-3-9)16-10(4-15(18)25-16)14(23)8-24-17/h4,7,9,11-12,14,19,23H,2-3,5-6,8H2,1H3/t11-,12+,14+,17+/m1/s1. The Morgan fingerprint density at radius 1 is 1.44 bits per heavy atom. The summed E-state index contributed by atoms with van der Waals surface area (Å²) >= 11 is 7.84. The molecule has 134 valence electrons. The summed E-state index contributed by atoms with van der Waals surface area (Å²) in [6, 6.07) is 2.39. The van der Waals surface area contributed by atoms with E-state index in [0.717, 1.165) is 29.0 Å². The molecule has 2 aliphatic heterocycles. The van der Waals surface area contributed by atoms with Gasteiger partial charge in [0, 0.05) is 36.1 Å². The lowest BCUT2D eigenvalue weighted by Crippen LogP contribution is -2.52. The summed E-state index contributed by atoms with van der Waals surface area (Å²) in [6.07, 6.45) is 5.62. The van der Waals surface area contributed by atoms with Crippen LogP contribution in [0.3, 0.4) is 0 Å². The molecule has 0 bridgehead atoms. The summed E-state index contributed by atoms with van der Waals surface area (Å²) in [7, 11) is 1.89. The molecule has 0 radical (unpaired) electrons. The molecule has 6 nitrogen and oxygen atoms in total. The van der Waals surface area contributed by atoms with Crippen molar-refractivity contribution in [3.63, 3.8) is 0 Å². The minimum atomic E-state index is -0.589. The van der Waals surface area contributed by atoms with E-state index in [9.17, 15) is 5.11 Å². The molecule has 25 heavy (non-hydrogen) atoms. The fourth-order valence-corrected chi connectivity index (χ4v) is 5.79. The first-order valence-corrected chi connectivity index (χ1v) is 9.97. The van der Waals surface area contributed by atoms with Crippen molar-refractivity contribution in [2.75, 3.05) is 6.61 Å².